The number of hydrogen-bond donors (Lipinski definition) is 1. The SMILES string of the molecule is Cc1ccc(S(=O)(=O)NC(CSc2ccccc2)c2ccccc2)cc1. The van der Waals surface area contributed by atoms with Crippen molar-refractivity contribution in [3.63, 3.8) is 0 Å². The van der Waals surface area contributed by atoms with Crippen LogP contribution in [0.5, 0.6) is 0 Å². The van der Waals surface area contributed by atoms with Gasteiger partial charge in [-0.05, 0) is 36.8 Å². The Morgan fingerprint density at radius 1 is 0.846 bits per heavy atom. The molecule has 26 heavy (non-hydrogen) atoms. The molecule has 5 heteroatoms. The van der Waals surface area contributed by atoms with Crippen LogP contribution in [0.2, 0.25) is 0 Å². The molecule has 0 radical (unpaired) electrons. The molecule has 0 bridgehead atoms. The molecule has 0 saturated heterocycles. The lowest BCUT2D eigenvalue weighted by molar-refractivity contribution is 0.568. The van der Waals surface area contributed by atoms with Crippen molar-refractivity contribution in [3.05, 3.63) is 96.1 Å². The molecule has 0 aliphatic carbocycles. The van der Waals surface area contributed by atoms with Gasteiger partial charge in [-0.2, -0.15) is 0 Å². The summed E-state index contributed by atoms with van der Waals surface area (Å²) in [6, 6.07) is 26.3. The minimum absolute atomic E-state index is 0.286. The maximum absolute atomic E-state index is 12.8. The molecule has 3 aromatic carbocycles. The summed E-state index contributed by atoms with van der Waals surface area (Å²) < 4.78 is 28.5. The fourth-order valence-electron chi connectivity index (χ4n) is 2.55. The smallest absolute Gasteiger partial charge is 0.207 e. The van der Waals surface area contributed by atoms with Crippen molar-refractivity contribution in [2.75, 3.05) is 5.75 Å². The van der Waals surface area contributed by atoms with E-state index in [2.05, 4.69) is 4.72 Å². The molecular formula is C21H21NO2S2. The third kappa shape index (κ3) is 4.97. The first kappa shape index (κ1) is 18.7. The number of thioether (sulfide) groups is 1. The van der Waals surface area contributed by atoms with Gasteiger partial charge in [0.25, 0.3) is 0 Å². The lowest BCUT2D eigenvalue weighted by Crippen LogP contribution is -2.30. The molecule has 0 fully saturated rings. The summed E-state index contributed by atoms with van der Waals surface area (Å²) in [7, 11) is -3.59. The van der Waals surface area contributed by atoms with Gasteiger partial charge in [0.05, 0.1) is 10.9 Å². The summed E-state index contributed by atoms with van der Waals surface area (Å²) in [5, 5.41) is 0. The molecule has 0 amide bonds. The topological polar surface area (TPSA) is 46.2 Å². The number of benzene rings is 3. The molecule has 0 aliphatic rings. The molecule has 1 atom stereocenters. The molecular weight excluding hydrogens is 362 g/mol. The molecule has 3 rings (SSSR count). The number of sulfonamides is 1. The average molecular weight is 384 g/mol. The predicted octanol–water partition coefficient (Wildman–Crippen LogP) is 4.81. The fraction of sp³-hybridized carbons (Fsp3) is 0.143. The van der Waals surface area contributed by atoms with Crippen LogP contribution in [0.25, 0.3) is 0 Å². The first-order valence-electron chi connectivity index (χ1n) is 8.36. The lowest BCUT2D eigenvalue weighted by atomic mass is 10.1. The first-order valence-corrected chi connectivity index (χ1v) is 10.8. The van der Waals surface area contributed by atoms with Crippen molar-refractivity contribution in [1.29, 1.82) is 0 Å². The predicted molar refractivity (Wildman–Crippen MR) is 108 cm³/mol. The quantitative estimate of drug-likeness (QED) is 0.596. The molecule has 0 aliphatic heterocycles. The molecule has 1 unspecified atom stereocenters. The summed E-state index contributed by atoms with van der Waals surface area (Å²) >= 11 is 1.63. The molecule has 1 N–H and O–H groups in total. The Morgan fingerprint density at radius 3 is 2.04 bits per heavy atom. The van der Waals surface area contributed by atoms with Crippen LogP contribution in [0.3, 0.4) is 0 Å². The fourth-order valence-corrected chi connectivity index (χ4v) is 4.87. The highest BCUT2D eigenvalue weighted by Crippen LogP contribution is 2.26. The van der Waals surface area contributed by atoms with Gasteiger partial charge in [-0.1, -0.05) is 66.2 Å². The summed E-state index contributed by atoms with van der Waals surface area (Å²) in [5.41, 5.74) is 1.98. The van der Waals surface area contributed by atoms with E-state index >= 15 is 0 Å². The Balaban J connectivity index is 1.82. The molecule has 134 valence electrons. The maximum Gasteiger partial charge on any atom is 0.241 e. The van der Waals surface area contributed by atoms with Gasteiger partial charge in [-0.25, -0.2) is 13.1 Å². The van der Waals surface area contributed by atoms with Crippen LogP contribution in [-0.4, -0.2) is 14.2 Å². The molecule has 3 aromatic rings. The van der Waals surface area contributed by atoms with Crippen molar-refractivity contribution >= 4 is 21.8 Å². The summed E-state index contributed by atoms with van der Waals surface area (Å²) in [4.78, 5) is 1.40. The van der Waals surface area contributed by atoms with Gasteiger partial charge in [0.2, 0.25) is 10.0 Å². The zero-order valence-electron chi connectivity index (χ0n) is 14.5. The van der Waals surface area contributed by atoms with Crippen molar-refractivity contribution < 1.29 is 8.42 Å². The minimum Gasteiger partial charge on any atom is -0.207 e. The summed E-state index contributed by atoms with van der Waals surface area (Å²) in [6.07, 6.45) is 0. The third-order valence-electron chi connectivity index (χ3n) is 3.99. The Hall–Kier alpha value is -2.08. The van der Waals surface area contributed by atoms with Crippen LogP contribution in [0, 0.1) is 6.92 Å². The van der Waals surface area contributed by atoms with E-state index in [1.807, 2.05) is 79.7 Å². The van der Waals surface area contributed by atoms with Crippen molar-refractivity contribution in [3.8, 4) is 0 Å². The van der Waals surface area contributed by atoms with E-state index in [0.717, 1.165) is 16.0 Å². The van der Waals surface area contributed by atoms with Crippen LogP contribution < -0.4 is 4.72 Å². The first-order chi connectivity index (χ1) is 12.5. The average Bonchev–Trinajstić information content (AvgIpc) is 2.67. The van der Waals surface area contributed by atoms with Gasteiger partial charge in [0, 0.05) is 10.6 Å². The Kier molecular flexibility index (Phi) is 6.14. The van der Waals surface area contributed by atoms with Crippen LogP contribution in [0.4, 0.5) is 0 Å². The Morgan fingerprint density at radius 2 is 1.42 bits per heavy atom. The standard InChI is InChI=1S/C21H21NO2S2/c1-17-12-14-20(15-13-17)26(23,24)22-21(18-8-4-2-5-9-18)16-25-19-10-6-3-7-11-19/h2-15,21-22H,16H2,1H3. The van der Waals surface area contributed by atoms with Gasteiger partial charge in [-0.15, -0.1) is 11.8 Å². The molecule has 3 nitrogen and oxygen atoms in total. The lowest BCUT2D eigenvalue weighted by Gasteiger charge is -2.19. The van der Waals surface area contributed by atoms with Crippen LogP contribution in [0.1, 0.15) is 17.2 Å². The van der Waals surface area contributed by atoms with Crippen molar-refractivity contribution in [2.24, 2.45) is 0 Å². The Bertz CT molecular complexity index is 925. The monoisotopic (exact) mass is 383 g/mol. The van der Waals surface area contributed by atoms with Crippen molar-refractivity contribution in [1.82, 2.24) is 4.72 Å². The normalized spacial score (nSPS) is 12.7. The highest BCUT2D eigenvalue weighted by molar-refractivity contribution is 7.99. The maximum atomic E-state index is 12.8. The summed E-state index contributed by atoms with van der Waals surface area (Å²) in [6.45, 7) is 1.94. The molecule has 0 aromatic heterocycles. The van der Waals surface area contributed by atoms with Crippen LogP contribution in [-0.2, 0) is 10.0 Å². The second-order valence-corrected chi connectivity index (χ2v) is 8.83. The number of hydrogen-bond acceptors (Lipinski definition) is 3. The van der Waals surface area contributed by atoms with Gasteiger partial charge >= 0.3 is 0 Å². The zero-order valence-corrected chi connectivity index (χ0v) is 16.1. The van der Waals surface area contributed by atoms with Gasteiger partial charge in [0.15, 0.2) is 0 Å². The second-order valence-electron chi connectivity index (χ2n) is 6.02. The van der Waals surface area contributed by atoms with Crippen molar-refractivity contribution in [2.45, 2.75) is 22.8 Å². The third-order valence-corrected chi connectivity index (χ3v) is 6.58. The number of nitrogens with one attached hydrogen (secondary N) is 1. The van der Waals surface area contributed by atoms with E-state index in [-0.39, 0.29) is 10.9 Å². The number of aryl methyl sites for hydroxylation is 1. The van der Waals surface area contributed by atoms with Crippen LogP contribution in [0.15, 0.2) is 94.7 Å². The number of rotatable bonds is 7. The summed E-state index contributed by atoms with van der Waals surface area (Å²) in [5.74, 6) is 0.610. The molecule has 0 heterocycles. The van der Waals surface area contributed by atoms with E-state index in [1.54, 1.807) is 23.9 Å². The van der Waals surface area contributed by atoms with E-state index in [4.69, 9.17) is 0 Å². The van der Waals surface area contributed by atoms with E-state index in [1.165, 1.54) is 0 Å². The highest BCUT2D eigenvalue weighted by Gasteiger charge is 2.21. The molecule has 0 spiro atoms. The zero-order chi connectivity index (χ0) is 18.4. The van der Waals surface area contributed by atoms with Gasteiger partial charge in [-0.3, -0.25) is 0 Å². The minimum atomic E-state index is -3.59. The second kappa shape index (κ2) is 8.54. The highest BCUT2D eigenvalue weighted by atomic mass is 32.2. The van der Waals surface area contributed by atoms with E-state index in [0.29, 0.717) is 5.75 Å². The van der Waals surface area contributed by atoms with Crippen LogP contribution >= 0.6 is 11.8 Å². The largest absolute Gasteiger partial charge is 0.241 e. The molecule has 0 saturated carbocycles. The van der Waals surface area contributed by atoms with Gasteiger partial charge < -0.3 is 0 Å². The Labute approximate surface area is 159 Å². The van der Waals surface area contributed by atoms with E-state index < -0.39 is 10.0 Å². The van der Waals surface area contributed by atoms with E-state index in [9.17, 15) is 8.42 Å². The van der Waals surface area contributed by atoms with Gasteiger partial charge in [0.1, 0.15) is 0 Å².